The summed E-state index contributed by atoms with van der Waals surface area (Å²) < 4.78 is -0.415. The van der Waals surface area contributed by atoms with Gasteiger partial charge < -0.3 is 15.0 Å². The number of aromatic amines is 1. The predicted molar refractivity (Wildman–Crippen MR) is 123 cm³/mol. The van der Waals surface area contributed by atoms with Gasteiger partial charge in [-0.2, -0.15) is 5.01 Å². The van der Waals surface area contributed by atoms with Crippen molar-refractivity contribution in [3.63, 3.8) is 0 Å². The van der Waals surface area contributed by atoms with Crippen molar-refractivity contribution in [2.75, 3.05) is 19.9 Å². The minimum atomic E-state index is -0.649. The van der Waals surface area contributed by atoms with Crippen molar-refractivity contribution in [3.8, 4) is 22.5 Å². The number of nitrogens with zero attached hydrogens (tertiary/aromatic N) is 5. The fourth-order valence-corrected chi connectivity index (χ4v) is 4.19. The minimum Gasteiger partial charge on any atom is -0.631 e. The molecule has 9 nitrogen and oxygen atoms in total. The molecule has 1 saturated heterocycles. The quantitative estimate of drug-likeness (QED) is 0.297. The SMILES string of the molecule is [O-][N+]1(Cc2ccc(-c3ccccc3-c3nnn[nH]3)cc2)CNN(CC(O)c2ccccc2)C1. The molecule has 1 fully saturated rings. The Hall–Kier alpha value is -3.47. The Bertz CT molecular complexity index is 1190. The van der Waals surface area contributed by atoms with Gasteiger partial charge in [-0.3, -0.25) is 0 Å². The zero-order valence-corrected chi connectivity index (χ0v) is 18.0. The summed E-state index contributed by atoms with van der Waals surface area (Å²) in [6.07, 6.45) is -0.649. The molecule has 0 radical (unpaired) electrons. The maximum atomic E-state index is 13.3. The van der Waals surface area contributed by atoms with Gasteiger partial charge in [0.05, 0.1) is 6.10 Å². The molecule has 0 spiro atoms. The summed E-state index contributed by atoms with van der Waals surface area (Å²) in [5, 5.41) is 39.7. The second-order valence-electron chi connectivity index (χ2n) is 8.32. The molecule has 2 unspecified atom stereocenters. The highest BCUT2D eigenvalue weighted by Crippen LogP contribution is 2.30. The van der Waals surface area contributed by atoms with Crippen LogP contribution < -0.4 is 5.43 Å². The van der Waals surface area contributed by atoms with Crippen LogP contribution in [0.1, 0.15) is 17.2 Å². The molecule has 3 aromatic carbocycles. The van der Waals surface area contributed by atoms with Gasteiger partial charge in [0, 0.05) is 17.7 Å². The smallest absolute Gasteiger partial charge is 0.180 e. The van der Waals surface area contributed by atoms with Gasteiger partial charge in [0.25, 0.3) is 0 Å². The van der Waals surface area contributed by atoms with Crippen molar-refractivity contribution in [1.29, 1.82) is 0 Å². The lowest BCUT2D eigenvalue weighted by molar-refractivity contribution is -0.887. The first-order valence-electron chi connectivity index (χ1n) is 10.8. The average molecular weight is 444 g/mol. The molecule has 9 heteroatoms. The van der Waals surface area contributed by atoms with Crippen LogP contribution in [0.4, 0.5) is 0 Å². The van der Waals surface area contributed by atoms with Crippen LogP contribution in [0.15, 0.2) is 78.9 Å². The van der Waals surface area contributed by atoms with Crippen LogP contribution in [0.2, 0.25) is 0 Å². The van der Waals surface area contributed by atoms with E-state index in [0.717, 1.165) is 27.8 Å². The predicted octanol–water partition coefficient (Wildman–Crippen LogP) is 2.82. The zero-order chi connectivity index (χ0) is 22.7. The molecule has 33 heavy (non-hydrogen) atoms. The molecule has 0 aliphatic carbocycles. The fraction of sp³-hybridized carbons (Fsp3) is 0.208. The molecule has 1 aliphatic heterocycles. The van der Waals surface area contributed by atoms with E-state index in [1.807, 2.05) is 78.9 Å². The Balaban J connectivity index is 1.25. The van der Waals surface area contributed by atoms with Crippen LogP contribution in [0.5, 0.6) is 0 Å². The lowest BCUT2D eigenvalue weighted by atomic mass is 9.98. The van der Waals surface area contributed by atoms with E-state index in [1.165, 1.54) is 0 Å². The summed E-state index contributed by atoms with van der Waals surface area (Å²) in [6, 6.07) is 25.4. The van der Waals surface area contributed by atoms with Gasteiger partial charge in [0.1, 0.15) is 19.9 Å². The zero-order valence-electron chi connectivity index (χ0n) is 18.0. The summed E-state index contributed by atoms with van der Waals surface area (Å²) in [4.78, 5) is 0. The normalized spacial score (nSPS) is 19.6. The van der Waals surface area contributed by atoms with Crippen molar-refractivity contribution >= 4 is 0 Å². The third-order valence-corrected chi connectivity index (χ3v) is 5.85. The van der Waals surface area contributed by atoms with E-state index < -0.39 is 10.8 Å². The summed E-state index contributed by atoms with van der Waals surface area (Å²) in [7, 11) is 0. The number of benzene rings is 3. The highest BCUT2D eigenvalue weighted by Gasteiger charge is 2.30. The van der Waals surface area contributed by atoms with Gasteiger partial charge in [0.15, 0.2) is 5.82 Å². The van der Waals surface area contributed by atoms with Crippen LogP contribution in [-0.2, 0) is 6.54 Å². The largest absolute Gasteiger partial charge is 0.631 e. The van der Waals surface area contributed by atoms with Crippen LogP contribution >= 0.6 is 0 Å². The average Bonchev–Trinajstić information content (AvgIpc) is 3.50. The molecule has 0 saturated carbocycles. The third kappa shape index (κ3) is 4.82. The topological polar surface area (TPSA) is 113 Å². The van der Waals surface area contributed by atoms with Crippen molar-refractivity contribution in [1.82, 2.24) is 31.1 Å². The van der Waals surface area contributed by atoms with Crippen molar-refractivity contribution in [2.24, 2.45) is 0 Å². The molecule has 3 N–H and O–H groups in total. The summed E-state index contributed by atoms with van der Waals surface area (Å²) in [5.74, 6) is 0.611. The van der Waals surface area contributed by atoms with Crippen LogP contribution in [0, 0.1) is 5.21 Å². The lowest BCUT2D eigenvalue weighted by Gasteiger charge is -2.37. The van der Waals surface area contributed by atoms with Crippen molar-refractivity contribution in [2.45, 2.75) is 12.6 Å². The molecule has 168 valence electrons. The van der Waals surface area contributed by atoms with Gasteiger partial charge in [-0.25, -0.2) is 10.5 Å². The number of rotatable bonds is 7. The van der Waals surface area contributed by atoms with Crippen LogP contribution in [0.3, 0.4) is 0 Å². The summed E-state index contributed by atoms with van der Waals surface area (Å²) in [5.41, 5.74) is 7.89. The van der Waals surface area contributed by atoms with Crippen molar-refractivity contribution in [3.05, 3.63) is 95.2 Å². The highest BCUT2D eigenvalue weighted by molar-refractivity contribution is 5.80. The van der Waals surface area contributed by atoms with E-state index >= 15 is 0 Å². The Kier molecular flexibility index (Phi) is 5.95. The second-order valence-corrected chi connectivity index (χ2v) is 8.32. The number of hydrazine groups is 1. The first kappa shape index (κ1) is 21.4. The Morgan fingerprint density at radius 2 is 1.70 bits per heavy atom. The number of H-pyrrole nitrogens is 1. The van der Waals surface area contributed by atoms with Gasteiger partial charge in [-0.1, -0.05) is 78.9 Å². The first-order valence-corrected chi connectivity index (χ1v) is 10.8. The fourth-order valence-electron chi connectivity index (χ4n) is 4.19. The number of nitrogens with one attached hydrogen (secondary N) is 2. The Morgan fingerprint density at radius 3 is 2.42 bits per heavy atom. The number of aliphatic hydroxyl groups is 1. The Labute approximate surface area is 191 Å². The first-order chi connectivity index (χ1) is 16.1. The number of hydrogen-bond acceptors (Lipinski definition) is 7. The molecule has 1 aromatic heterocycles. The monoisotopic (exact) mass is 443 g/mol. The standard InChI is InChI=1S/C24H25N7O2/c32-23(20-6-2-1-3-7-20)14-30-17-31(33,16-25-30)15-18-10-12-19(13-11-18)21-8-4-5-9-22(21)24-26-28-29-27-24/h1-13,23,25,32H,14-17H2,(H,26,27,28,29). The molecule has 2 heterocycles. The Morgan fingerprint density at radius 1 is 0.970 bits per heavy atom. The summed E-state index contributed by atoms with van der Waals surface area (Å²) >= 11 is 0. The molecular formula is C24H25N7O2. The minimum absolute atomic E-state index is 0.268. The van der Waals surface area contributed by atoms with E-state index in [2.05, 4.69) is 26.0 Å². The van der Waals surface area contributed by atoms with Crippen molar-refractivity contribution < 1.29 is 9.75 Å². The number of hydroxylamine groups is 3. The molecule has 5 rings (SSSR count). The number of aromatic nitrogens is 4. The number of tetrazole rings is 1. The van der Waals surface area contributed by atoms with E-state index in [-0.39, 0.29) is 13.3 Å². The molecule has 0 bridgehead atoms. The van der Waals surface area contributed by atoms with E-state index in [1.54, 1.807) is 5.01 Å². The van der Waals surface area contributed by atoms with Gasteiger partial charge in [-0.15, -0.1) is 5.10 Å². The number of hydrogen-bond donors (Lipinski definition) is 3. The van der Waals surface area contributed by atoms with E-state index in [4.69, 9.17) is 0 Å². The molecule has 0 amide bonds. The third-order valence-electron chi connectivity index (χ3n) is 5.85. The second kappa shape index (κ2) is 9.18. The lowest BCUT2D eigenvalue weighted by Crippen LogP contribution is -2.41. The van der Waals surface area contributed by atoms with E-state index in [9.17, 15) is 10.3 Å². The van der Waals surface area contributed by atoms with Gasteiger partial charge in [-0.05, 0) is 27.1 Å². The van der Waals surface area contributed by atoms with Gasteiger partial charge in [0.2, 0.25) is 0 Å². The molecule has 4 aromatic rings. The highest BCUT2D eigenvalue weighted by atomic mass is 16.6. The maximum absolute atomic E-state index is 13.3. The molecule has 2 atom stereocenters. The molecular weight excluding hydrogens is 418 g/mol. The van der Waals surface area contributed by atoms with Gasteiger partial charge >= 0.3 is 0 Å². The summed E-state index contributed by atoms with van der Waals surface area (Å²) in [6.45, 7) is 1.24. The van der Waals surface area contributed by atoms with E-state index in [0.29, 0.717) is 18.9 Å². The number of β-amino-alcohol motifs (C(OH)–C–C–N with tert-alkyl or cyclic N) is 1. The van der Waals surface area contributed by atoms with Crippen LogP contribution in [-0.4, -0.2) is 55.3 Å². The number of quaternary nitrogens is 1. The maximum Gasteiger partial charge on any atom is 0.180 e. The molecule has 1 aliphatic rings. The number of aliphatic hydroxyl groups excluding tert-OH is 1. The van der Waals surface area contributed by atoms with Crippen LogP contribution in [0.25, 0.3) is 22.5 Å².